The molecule has 6 heteroatoms. The minimum Gasteiger partial charge on any atom is -0.388 e. The molecule has 18 heavy (non-hydrogen) atoms. The smallest absolute Gasteiger partial charge is 0.289 e. The van der Waals surface area contributed by atoms with E-state index < -0.39 is 10.5 Å². The molecule has 0 aliphatic heterocycles. The number of rotatable bonds is 5. The lowest BCUT2D eigenvalue weighted by Gasteiger charge is -2.22. The Kier molecular flexibility index (Phi) is 4.23. The zero-order chi connectivity index (χ0) is 13.8. The first-order chi connectivity index (χ1) is 8.39. The summed E-state index contributed by atoms with van der Waals surface area (Å²) in [5.74, 6) is 0. The van der Waals surface area contributed by atoms with Gasteiger partial charge >= 0.3 is 0 Å². The van der Waals surface area contributed by atoms with Crippen molar-refractivity contribution in [2.75, 3.05) is 11.9 Å². The molecule has 0 heterocycles. The zero-order valence-corrected chi connectivity index (χ0v) is 10.3. The van der Waals surface area contributed by atoms with Gasteiger partial charge in [0.25, 0.3) is 5.69 Å². The van der Waals surface area contributed by atoms with Gasteiger partial charge in [-0.2, -0.15) is 5.26 Å². The maximum atomic E-state index is 10.8. The number of nitrogens with zero attached hydrogens (tertiary/aromatic N) is 2. The van der Waals surface area contributed by atoms with Gasteiger partial charge in [-0.3, -0.25) is 10.1 Å². The summed E-state index contributed by atoms with van der Waals surface area (Å²) in [6.07, 6.45) is 0.568. The highest BCUT2D eigenvalue weighted by Crippen LogP contribution is 2.23. The largest absolute Gasteiger partial charge is 0.388 e. The summed E-state index contributed by atoms with van der Waals surface area (Å²) in [6.45, 7) is 3.81. The summed E-state index contributed by atoms with van der Waals surface area (Å²) in [6, 6.07) is 6.04. The second kappa shape index (κ2) is 5.47. The van der Waals surface area contributed by atoms with Crippen LogP contribution in [0.3, 0.4) is 0 Å². The lowest BCUT2D eigenvalue weighted by Crippen LogP contribution is -2.32. The standard InChI is InChI=1S/C12H15N3O3/c1-3-12(2,16)8-14-10-5-4-9(7-13)11(6-10)15(17)18/h4-6,14,16H,3,8H2,1-2H3. The number of hydrogen-bond donors (Lipinski definition) is 2. The average Bonchev–Trinajstić information content (AvgIpc) is 2.36. The van der Waals surface area contributed by atoms with Crippen LogP contribution in [0.15, 0.2) is 18.2 Å². The van der Waals surface area contributed by atoms with Crippen LogP contribution in [0.2, 0.25) is 0 Å². The van der Waals surface area contributed by atoms with E-state index in [9.17, 15) is 15.2 Å². The Hall–Kier alpha value is -2.13. The Morgan fingerprint density at radius 2 is 2.28 bits per heavy atom. The summed E-state index contributed by atoms with van der Waals surface area (Å²) in [5, 5.41) is 32.2. The Labute approximate surface area is 105 Å². The molecule has 1 aromatic rings. The number of nitrogens with one attached hydrogen (secondary N) is 1. The second-order valence-electron chi connectivity index (χ2n) is 4.30. The van der Waals surface area contributed by atoms with E-state index in [1.165, 1.54) is 12.1 Å². The van der Waals surface area contributed by atoms with Crippen molar-refractivity contribution in [3.63, 3.8) is 0 Å². The summed E-state index contributed by atoms with van der Waals surface area (Å²) in [4.78, 5) is 10.2. The molecular weight excluding hydrogens is 234 g/mol. The fraction of sp³-hybridized carbons (Fsp3) is 0.417. The average molecular weight is 249 g/mol. The molecule has 0 radical (unpaired) electrons. The first kappa shape index (κ1) is 13.9. The van der Waals surface area contributed by atoms with Crippen LogP contribution in [0.1, 0.15) is 25.8 Å². The van der Waals surface area contributed by atoms with Crippen molar-refractivity contribution in [1.29, 1.82) is 5.26 Å². The predicted octanol–water partition coefficient (Wildman–Crippen LogP) is 2.04. The molecular formula is C12H15N3O3. The van der Waals surface area contributed by atoms with E-state index in [1.54, 1.807) is 19.1 Å². The highest BCUT2D eigenvalue weighted by Gasteiger charge is 2.18. The molecule has 1 unspecified atom stereocenters. The molecule has 0 amide bonds. The highest BCUT2D eigenvalue weighted by atomic mass is 16.6. The van der Waals surface area contributed by atoms with E-state index in [-0.39, 0.29) is 17.8 Å². The predicted molar refractivity (Wildman–Crippen MR) is 67.2 cm³/mol. The van der Waals surface area contributed by atoms with Crippen molar-refractivity contribution < 1.29 is 10.0 Å². The fourth-order valence-electron chi connectivity index (χ4n) is 1.30. The van der Waals surface area contributed by atoms with Gasteiger partial charge in [0.05, 0.1) is 10.5 Å². The molecule has 0 spiro atoms. The van der Waals surface area contributed by atoms with Crippen LogP contribution >= 0.6 is 0 Å². The van der Waals surface area contributed by atoms with Crippen LogP contribution in [0.5, 0.6) is 0 Å². The Balaban J connectivity index is 2.90. The zero-order valence-electron chi connectivity index (χ0n) is 10.3. The number of nitro groups is 1. The lowest BCUT2D eigenvalue weighted by atomic mass is 10.0. The Bertz CT molecular complexity index is 492. The molecule has 1 atom stereocenters. The molecule has 6 nitrogen and oxygen atoms in total. The summed E-state index contributed by atoms with van der Waals surface area (Å²) in [5.41, 5.74) is -0.580. The molecule has 0 fully saturated rings. The normalized spacial score (nSPS) is 13.4. The van der Waals surface area contributed by atoms with Gasteiger partial charge in [-0.1, -0.05) is 6.92 Å². The summed E-state index contributed by atoms with van der Waals surface area (Å²) < 4.78 is 0. The molecule has 0 bridgehead atoms. The van der Waals surface area contributed by atoms with Crippen molar-refractivity contribution in [2.24, 2.45) is 0 Å². The minimum absolute atomic E-state index is 0.0211. The van der Waals surface area contributed by atoms with E-state index in [0.29, 0.717) is 12.1 Å². The van der Waals surface area contributed by atoms with Crippen LogP contribution in [0, 0.1) is 21.4 Å². The third-order valence-electron chi connectivity index (χ3n) is 2.75. The number of hydrogen-bond acceptors (Lipinski definition) is 5. The number of aliphatic hydroxyl groups is 1. The molecule has 2 N–H and O–H groups in total. The Morgan fingerprint density at radius 1 is 1.61 bits per heavy atom. The number of anilines is 1. The molecule has 0 aliphatic carbocycles. The summed E-state index contributed by atoms with van der Waals surface area (Å²) >= 11 is 0. The van der Waals surface area contributed by atoms with E-state index in [0.717, 1.165) is 0 Å². The minimum atomic E-state index is -0.872. The fourth-order valence-corrected chi connectivity index (χ4v) is 1.30. The van der Waals surface area contributed by atoms with Gasteiger partial charge in [-0.25, -0.2) is 0 Å². The topological polar surface area (TPSA) is 99.2 Å². The summed E-state index contributed by atoms with van der Waals surface area (Å²) in [7, 11) is 0. The molecule has 0 aromatic heterocycles. The Morgan fingerprint density at radius 3 is 2.78 bits per heavy atom. The molecule has 0 aliphatic rings. The van der Waals surface area contributed by atoms with E-state index in [2.05, 4.69) is 5.32 Å². The van der Waals surface area contributed by atoms with Crippen molar-refractivity contribution in [3.8, 4) is 6.07 Å². The van der Waals surface area contributed by atoms with Gasteiger partial charge in [0.1, 0.15) is 11.6 Å². The van der Waals surface area contributed by atoms with Crippen molar-refractivity contribution in [2.45, 2.75) is 25.9 Å². The first-order valence-corrected chi connectivity index (χ1v) is 5.54. The molecule has 0 saturated heterocycles. The second-order valence-corrected chi connectivity index (χ2v) is 4.30. The van der Waals surface area contributed by atoms with Crippen LogP contribution in [-0.2, 0) is 0 Å². The van der Waals surface area contributed by atoms with Gasteiger partial charge in [0.15, 0.2) is 0 Å². The van der Waals surface area contributed by atoms with Crippen molar-refractivity contribution >= 4 is 11.4 Å². The van der Waals surface area contributed by atoms with Crippen LogP contribution in [0.4, 0.5) is 11.4 Å². The molecule has 1 rings (SSSR count). The quantitative estimate of drug-likeness (QED) is 0.614. The van der Waals surface area contributed by atoms with Gasteiger partial charge in [0.2, 0.25) is 0 Å². The van der Waals surface area contributed by atoms with Gasteiger partial charge < -0.3 is 10.4 Å². The van der Waals surface area contributed by atoms with Crippen molar-refractivity contribution in [1.82, 2.24) is 0 Å². The third kappa shape index (κ3) is 3.43. The maximum absolute atomic E-state index is 10.8. The van der Waals surface area contributed by atoms with Crippen molar-refractivity contribution in [3.05, 3.63) is 33.9 Å². The molecule has 0 saturated carbocycles. The highest BCUT2D eigenvalue weighted by molar-refractivity contribution is 5.59. The van der Waals surface area contributed by atoms with Crippen LogP contribution in [-0.4, -0.2) is 22.2 Å². The SMILES string of the molecule is CCC(C)(O)CNc1ccc(C#N)c([N+](=O)[O-])c1. The van der Waals surface area contributed by atoms with Crippen LogP contribution in [0.25, 0.3) is 0 Å². The first-order valence-electron chi connectivity index (χ1n) is 5.54. The van der Waals surface area contributed by atoms with Gasteiger partial charge in [0, 0.05) is 18.3 Å². The molecule has 96 valence electrons. The maximum Gasteiger partial charge on any atom is 0.289 e. The monoisotopic (exact) mass is 249 g/mol. The van der Waals surface area contributed by atoms with Gasteiger partial charge in [-0.15, -0.1) is 0 Å². The number of nitro benzene ring substituents is 1. The van der Waals surface area contributed by atoms with E-state index >= 15 is 0 Å². The van der Waals surface area contributed by atoms with Gasteiger partial charge in [-0.05, 0) is 25.5 Å². The van der Waals surface area contributed by atoms with E-state index in [4.69, 9.17) is 5.26 Å². The van der Waals surface area contributed by atoms with E-state index in [1.807, 2.05) is 6.92 Å². The van der Waals surface area contributed by atoms with Crippen LogP contribution < -0.4 is 5.32 Å². The molecule has 1 aromatic carbocycles. The number of benzene rings is 1. The lowest BCUT2D eigenvalue weighted by molar-refractivity contribution is -0.385. The number of nitriles is 1. The third-order valence-corrected chi connectivity index (χ3v) is 2.75.